The lowest BCUT2D eigenvalue weighted by Gasteiger charge is -2.37. The normalized spacial score (nSPS) is 17.7. The zero-order valence-electron chi connectivity index (χ0n) is 31.7. The third-order valence-electron chi connectivity index (χ3n) is 9.95. The minimum Gasteiger partial charge on any atom is -0.346 e. The number of aryl methyl sites for hydroxylation is 1. The number of aromatic nitrogens is 5. The molecule has 0 spiro atoms. The molecule has 0 aliphatic heterocycles. The maximum absolute atomic E-state index is 15.8. The van der Waals surface area contributed by atoms with E-state index in [0.717, 1.165) is 18.4 Å². The number of hydrogen-bond acceptors (Lipinski definition) is 6. The monoisotopic (exact) mass is 843 g/mol. The Labute approximate surface area is 334 Å². The van der Waals surface area contributed by atoms with Crippen LogP contribution in [0.2, 0.25) is 5.02 Å². The first kappa shape index (κ1) is 40.8. The Kier molecular flexibility index (Phi) is 10.2. The maximum atomic E-state index is 15.8. The summed E-state index contributed by atoms with van der Waals surface area (Å²) in [4.78, 5) is 18.9. The van der Waals surface area contributed by atoms with Gasteiger partial charge in [0.2, 0.25) is 15.9 Å². The summed E-state index contributed by atoms with van der Waals surface area (Å²) in [5.74, 6) is -2.71. The number of fused-ring (bicyclic) bond motifs is 4. The number of amides is 1. The van der Waals surface area contributed by atoms with E-state index in [0.29, 0.717) is 27.4 Å². The Morgan fingerprint density at radius 1 is 1.07 bits per heavy atom. The van der Waals surface area contributed by atoms with Crippen molar-refractivity contribution in [1.29, 1.82) is 0 Å². The van der Waals surface area contributed by atoms with Gasteiger partial charge in [-0.05, 0) is 75.4 Å². The van der Waals surface area contributed by atoms with Gasteiger partial charge in [0, 0.05) is 41.1 Å². The molecule has 2 aliphatic rings. The minimum atomic E-state index is -3.82. The Bertz CT molecular complexity index is 2690. The summed E-state index contributed by atoms with van der Waals surface area (Å²) in [6.45, 7) is 8.39. The third kappa shape index (κ3) is 7.67. The van der Waals surface area contributed by atoms with Gasteiger partial charge in [-0.25, -0.2) is 31.0 Å². The van der Waals surface area contributed by atoms with E-state index in [1.165, 1.54) is 10.7 Å². The molecule has 3 atom stereocenters. The number of halogens is 7. The molecule has 5 aromatic rings. The van der Waals surface area contributed by atoms with Crippen molar-refractivity contribution in [3.05, 3.63) is 105 Å². The fourth-order valence-electron chi connectivity index (χ4n) is 7.75. The molecule has 0 bridgehead atoms. The molecule has 1 saturated carbocycles. The van der Waals surface area contributed by atoms with Crippen LogP contribution >= 0.6 is 11.6 Å². The Hall–Kier alpha value is -5.34. The molecule has 3 heterocycles. The van der Waals surface area contributed by atoms with Crippen LogP contribution in [-0.4, -0.2) is 45.1 Å². The predicted octanol–water partition coefficient (Wildman–Crippen LogP) is 8.34. The quantitative estimate of drug-likeness (QED) is 0.0829. The molecule has 18 heteroatoms. The zero-order valence-corrected chi connectivity index (χ0v) is 33.3. The molecule has 0 saturated heterocycles. The van der Waals surface area contributed by atoms with Crippen molar-refractivity contribution in [3.63, 3.8) is 0 Å². The van der Waals surface area contributed by atoms with Crippen molar-refractivity contribution in [1.82, 2.24) is 29.9 Å². The lowest BCUT2D eigenvalue weighted by Crippen LogP contribution is -2.37. The number of pyridine rings is 1. The van der Waals surface area contributed by atoms with Crippen LogP contribution in [0.25, 0.3) is 22.0 Å². The fourth-order valence-corrected chi connectivity index (χ4v) is 8.49. The summed E-state index contributed by atoms with van der Waals surface area (Å²) in [5.41, 5.74) is -0.728. The van der Waals surface area contributed by atoms with Crippen molar-refractivity contribution in [2.45, 2.75) is 64.5 Å². The number of benzene rings is 2. The van der Waals surface area contributed by atoms with Crippen molar-refractivity contribution < 1.29 is 39.6 Å². The van der Waals surface area contributed by atoms with E-state index in [2.05, 4.69) is 38.7 Å². The van der Waals surface area contributed by atoms with Gasteiger partial charge in [0.25, 0.3) is 12.3 Å². The lowest BCUT2D eigenvalue weighted by molar-refractivity contribution is -0.123. The molecule has 3 aromatic heterocycles. The van der Waals surface area contributed by atoms with E-state index < -0.39 is 81.1 Å². The van der Waals surface area contributed by atoms with Crippen molar-refractivity contribution in [2.75, 3.05) is 11.0 Å². The van der Waals surface area contributed by atoms with Gasteiger partial charge in [0.05, 0.1) is 39.8 Å². The average Bonchev–Trinajstić information content (AvgIpc) is 3.68. The molecule has 1 amide bonds. The predicted molar refractivity (Wildman–Crippen MR) is 206 cm³/mol. The van der Waals surface area contributed by atoms with Gasteiger partial charge in [0.15, 0.2) is 5.82 Å². The van der Waals surface area contributed by atoms with Crippen molar-refractivity contribution in [2.24, 2.45) is 18.4 Å². The lowest BCUT2D eigenvalue weighted by atomic mass is 9.69. The number of carbonyl (C=O) groups is 1. The molecular formula is C40H36ClF6N7O3S. The number of carbonyl (C=O) groups excluding carboxylic acids is 1. The number of hydrogen-bond donors (Lipinski definition) is 2. The van der Waals surface area contributed by atoms with E-state index in [1.54, 1.807) is 25.2 Å². The summed E-state index contributed by atoms with van der Waals surface area (Å²) in [6.07, 6.45) is -2.47. The van der Waals surface area contributed by atoms with Crippen LogP contribution in [0.3, 0.4) is 0 Å². The first-order valence-corrected chi connectivity index (χ1v) is 20.2. The van der Waals surface area contributed by atoms with Crippen LogP contribution in [0, 0.1) is 34.8 Å². The molecule has 0 radical (unpaired) electrons. The summed E-state index contributed by atoms with van der Waals surface area (Å²) in [6, 6.07) is 7.85. The van der Waals surface area contributed by atoms with Crippen LogP contribution in [0.15, 0.2) is 54.6 Å². The van der Waals surface area contributed by atoms with Crippen LogP contribution < -0.4 is 10.0 Å². The molecule has 10 nitrogen and oxygen atoms in total. The highest BCUT2D eigenvalue weighted by Crippen LogP contribution is 2.65. The van der Waals surface area contributed by atoms with Gasteiger partial charge in [-0.2, -0.15) is 19.0 Å². The zero-order chi connectivity index (χ0) is 42.2. The fraction of sp³-hybridized carbons (Fsp3) is 0.350. The van der Waals surface area contributed by atoms with E-state index in [9.17, 15) is 30.8 Å². The molecule has 7 rings (SSSR count). The standard InChI is InChI=1S/C40H36ClF6N7O3S/c1-19-13-26-30-34(37(44)45)50-54(36(30)40(46,47)32(19)26)18-29(55)49-28(16-20-14-21(42)17-22(43)15-20)33-24(8-7-23(48-33)11-12-39(2,3)4)25-9-10-27(41)31-35(25)53(5)51-38(31)52-58(6,56)57/h7-10,14-15,17,26,28,32,37H,1,13,16,18H2,2-6H3,(H,49,55)(H,51,52)/t26-,28+,32-/m1/s1. The second-order valence-corrected chi connectivity index (χ2v) is 17.7. The van der Waals surface area contributed by atoms with Gasteiger partial charge in [-0.15, -0.1) is 0 Å². The number of sulfonamides is 1. The van der Waals surface area contributed by atoms with E-state index in [1.807, 2.05) is 20.8 Å². The molecule has 2 N–H and O–H groups in total. The maximum Gasteiger partial charge on any atom is 0.296 e. The molecule has 0 unspecified atom stereocenters. The van der Waals surface area contributed by atoms with E-state index >= 15 is 8.78 Å². The van der Waals surface area contributed by atoms with Crippen molar-refractivity contribution >= 4 is 44.3 Å². The second-order valence-electron chi connectivity index (χ2n) is 15.6. The Morgan fingerprint density at radius 3 is 2.36 bits per heavy atom. The van der Waals surface area contributed by atoms with Crippen LogP contribution in [0.5, 0.6) is 0 Å². The SMILES string of the molecule is C=C1C[C@@H]2c3c(C(F)F)nn(CC(=O)N[C@@H](Cc4cc(F)cc(F)c4)c4nc(C#CC(C)(C)C)ccc4-c4ccc(Cl)c5c(NS(C)(=O)=O)nn(C)c45)c3C(F)(F)[C@H]12. The number of allylic oxidation sites excluding steroid dienone is 1. The van der Waals surface area contributed by atoms with Crippen LogP contribution in [-0.2, 0) is 40.8 Å². The van der Waals surface area contributed by atoms with E-state index in [-0.39, 0.29) is 57.2 Å². The molecule has 1 fully saturated rings. The first-order chi connectivity index (χ1) is 27.0. The Balaban J connectivity index is 1.39. The molecular weight excluding hydrogens is 808 g/mol. The third-order valence-corrected chi connectivity index (χ3v) is 10.8. The first-order valence-electron chi connectivity index (χ1n) is 17.9. The molecule has 2 aromatic carbocycles. The van der Waals surface area contributed by atoms with E-state index in [4.69, 9.17) is 16.6 Å². The largest absolute Gasteiger partial charge is 0.346 e. The number of nitrogens with one attached hydrogen (secondary N) is 2. The highest BCUT2D eigenvalue weighted by Gasteiger charge is 2.64. The van der Waals surface area contributed by atoms with Gasteiger partial charge < -0.3 is 5.32 Å². The summed E-state index contributed by atoms with van der Waals surface area (Å²) < 4.78 is 118. The summed E-state index contributed by atoms with van der Waals surface area (Å²) in [5, 5.41) is 11.3. The summed E-state index contributed by atoms with van der Waals surface area (Å²) >= 11 is 6.61. The summed E-state index contributed by atoms with van der Waals surface area (Å²) in [7, 11) is -2.27. The Morgan fingerprint density at radius 2 is 1.74 bits per heavy atom. The minimum absolute atomic E-state index is 0.0714. The van der Waals surface area contributed by atoms with Gasteiger partial charge in [-0.1, -0.05) is 35.7 Å². The highest BCUT2D eigenvalue weighted by molar-refractivity contribution is 7.92. The molecule has 58 heavy (non-hydrogen) atoms. The topological polar surface area (TPSA) is 124 Å². The number of rotatable bonds is 10. The number of anilines is 1. The molecule has 2 aliphatic carbocycles. The smallest absolute Gasteiger partial charge is 0.296 e. The average molecular weight is 844 g/mol. The van der Waals surface area contributed by atoms with Gasteiger partial charge in [-0.3, -0.25) is 18.9 Å². The van der Waals surface area contributed by atoms with Crippen molar-refractivity contribution in [3.8, 4) is 23.0 Å². The van der Waals surface area contributed by atoms with Gasteiger partial charge >= 0.3 is 0 Å². The van der Waals surface area contributed by atoms with Gasteiger partial charge in [0.1, 0.15) is 35.3 Å². The van der Waals surface area contributed by atoms with Crippen LogP contribution in [0.4, 0.5) is 32.2 Å². The second kappa shape index (κ2) is 14.5. The highest BCUT2D eigenvalue weighted by atomic mass is 35.5. The number of nitrogens with zero attached hydrogens (tertiary/aromatic N) is 5. The number of alkyl halides is 4. The van der Waals surface area contributed by atoms with Crippen LogP contribution in [0.1, 0.15) is 79.5 Å². The molecule has 304 valence electrons.